The maximum Gasteiger partial charge on any atom is 0.174 e. The van der Waals surface area contributed by atoms with Crippen LogP contribution in [0.5, 0.6) is 5.75 Å². The monoisotopic (exact) mass is 427 g/mol. The summed E-state index contributed by atoms with van der Waals surface area (Å²) in [6, 6.07) is 22.8. The molecule has 4 heterocycles. The van der Waals surface area contributed by atoms with E-state index in [9.17, 15) is 5.11 Å². The van der Waals surface area contributed by atoms with Crippen LogP contribution in [-0.2, 0) is 6.54 Å². The van der Waals surface area contributed by atoms with Gasteiger partial charge < -0.3 is 19.9 Å². The molecule has 1 aliphatic rings. The maximum atomic E-state index is 10.6. The number of rotatable bonds is 5. The molecule has 1 aliphatic heterocycles. The van der Waals surface area contributed by atoms with E-state index in [0.717, 1.165) is 17.1 Å². The highest BCUT2D eigenvalue weighted by Crippen LogP contribution is 2.44. The molecule has 2 N–H and O–H groups in total. The Morgan fingerprint density at radius 3 is 2.42 bits per heavy atom. The fraction of sp³-hybridized carbons (Fsp3) is 0.125. The van der Waals surface area contributed by atoms with Crippen LogP contribution in [0.1, 0.15) is 29.2 Å². The van der Waals surface area contributed by atoms with Crippen molar-refractivity contribution < 1.29 is 5.11 Å². The van der Waals surface area contributed by atoms with Gasteiger partial charge in [-0.3, -0.25) is 9.97 Å². The topological polar surface area (TPSA) is 66.2 Å². The van der Waals surface area contributed by atoms with Gasteiger partial charge in [0, 0.05) is 24.3 Å². The Morgan fingerprint density at radius 2 is 1.68 bits per heavy atom. The second-order valence-electron chi connectivity index (χ2n) is 7.37. The number of pyridine rings is 2. The summed E-state index contributed by atoms with van der Waals surface area (Å²) < 4.78 is 2.17. The van der Waals surface area contributed by atoms with E-state index in [4.69, 9.17) is 12.2 Å². The molecule has 3 aromatic heterocycles. The van der Waals surface area contributed by atoms with E-state index in [1.54, 1.807) is 24.5 Å². The summed E-state index contributed by atoms with van der Waals surface area (Å²) in [6.45, 7) is 0.635. The molecule has 4 aromatic rings. The van der Waals surface area contributed by atoms with Crippen molar-refractivity contribution in [3.8, 4) is 5.75 Å². The molecule has 0 unspecified atom stereocenters. The van der Waals surface area contributed by atoms with E-state index in [-0.39, 0.29) is 17.8 Å². The van der Waals surface area contributed by atoms with Crippen LogP contribution in [0, 0.1) is 0 Å². The molecule has 0 amide bonds. The molecule has 1 aromatic carbocycles. The van der Waals surface area contributed by atoms with Gasteiger partial charge in [0.25, 0.3) is 0 Å². The minimum atomic E-state index is -0.200. The second-order valence-corrected chi connectivity index (χ2v) is 7.75. The Hall–Kier alpha value is -3.71. The summed E-state index contributed by atoms with van der Waals surface area (Å²) in [7, 11) is 0. The molecule has 154 valence electrons. The molecule has 1 fully saturated rings. The standard InChI is InChI=1S/C24H21N5OS/c30-21-12-2-1-10-19(21)29-23(22(27-24(29)31)18-9-4-6-14-26-18)20-11-7-15-28(20)16-17-8-3-5-13-25-17/h1-15,22-23,30H,16H2,(H,27,31)/t22-,23-/m1/s1. The van der Waals surface area contributed by atoms with Crippen molar-refractivity contribution >= 4 is 23.0 Å². The van der Waals surface area contributed by atoms with E-state index >= 15 is 0 Å². The largest absolute Gasteiger partial charge is 0.506 e. The zero-order chi connectivity index (χ0) is 21.2. The third-order valence-electron chi connectivity index (χ3n) is 5.47. The van der Waals surface area contributed by atoms with Crippen molar-refractivity contribution in [1.29, 1.82) is 0 Å². The highest BCUT2D eigenvalue weighted by molar-refractivity contribution is 7.80. The van der Waals surface area contributed by atoms with E-state index in [2.05, 4.69) is 25.9 Å². The molecule has 5 rings (SSSR count). The van der Waals surface area contributed by atoms with Gasteiger partial charge in [-0.15, -0.1) is 0 Å². The predicted octanol–water partition coefficient (Wildman–Crippen LogP) is 4.21. The Morgan fingerprint density at radius 1 is 0.903 bits per heavy atom. The average molecular weight is 428 g/mol. The minimum absolute atomic E-state index is 0.175. The van der Waals surface area contributed by atoms with Crippen molar-refractivity contribution in [3.63, 3.8) is 0 Å². The Balaban J connectivity index is 1.62. The number of nitrogens with zero attached hydrogens (tertiary/aromatic N) is 4. The average Bonchev–Trinajstić information content (AvgIpc) is 3.39. The van der Waals surface area contributed by atoms with E-state index in [0.29, 0.717) is 17.3 Å². The lowest BCUT2D eigenvalue weighted by molar-refractivity contribution is 0.471. The number of thiocarbonyl (C=S) groups is 1. The second kappa shape index (κ2) is 8.20. The quantitative estimate of drug-likeness (QED) is 0.465. The number of hydrogen-bond donors (Lipinski definition) is 2. The zero-order valence-electron chi connectivity index (χ0n) is 16.7. The van der Waals surface area contributed by atoms with Crippen molar-refractivity contribution in [2.24, 2.45) is 0 Å². The van der Waals surface area contributed by atoms with Gasteiger partial charge in [0.15, 0.2) is 5.11 Å². The molecule has 0 spiro atoms. The summed E-state index contributed by atoms with van der Waals surface area (Å²) in [5, 5.41) is 14.6. The van der Waals surface area contributed by atoms with Gasteiger partial charge in [0.1, 0.15) is 11.8 Å². The van der Waals surface area contributed by atoms with E-state index < -0.39 is 0 Å². The summed E-state index contributed by atoms with van der Waals surface area (Å²) in [5.41, 5.74) is 3.57. The third kappa shape index (κ3) is 3.64. The van der Waals surface area contributed by atoms with Crippen molar-refractivity contribution in [2.45, 2.75) is 18.6 Å². The highest BCUT2D eigenvalue weighted by atomic mass is 32.1. The van der Waals surface area contributed by atoms with Crippen LogP contribution in [0.25, 0.3) is 0 Å². The first kappa shape index (κ1) is 19.3. The van der Waals surface area contributed by atoms with Gasteiger partial charge in [0.05, 0.1) is 29.7 Å². The van der Waals surface area contributed by atoms with Crippen LogP contribution in [0.2, 0.25) is 0 Å². The van der Waals surface area contributed by atoms with Crippen molar-refractivity contribution in [3.05, 3.63) is 108 Å². The first-order chi connectivity index (χ1) is 15.2. The number of phenols is 1. The van der Waals surface area contributed by atoms with Crippen LogP contribution >= 0.6 is 12.2 Å². The number of aromatic nitrogens is 3. The van der Waals surface area contributed by atoms with E-state index in [1.165, 1.54) is 0 Å². The van der Waals surface area contributed by atoms with Crippen LogP contribution in [0.15, 0.2) is 91.4 Å². The molecule has 7 heteroatoms. The number of hydrogen-bond acceptors (Lipinski definition) is 4. The van der Waals surface area contributed by atoms with Crippen LogP contribution in [0.3, 0.4) is 0 Å². The Kier molecular flexibility index (Phi) is 5.09. The number of benzene rings is 1. The number of aromatic hydroxyl groups is 1. The lowest BCUT2D eigenvalue weighted by Gasteiger charge is -2.29. The van der Waals surface area contributed by atoms with E-state index in [1.807, 2.05) is 65.7 Å². The smallest absolute Gasteiger partial charge is 0.174 e. The maximum absolute atomic E-state index is 10.6. The third-order valence-corrected chi connectivity index (χ3v) is 5.78. The number of para-hydroxylation sites is 2. The first-order valence-electron chi connectivity index (χ1n) is 10.1. The summed E-state index contributed by atoms with van der Waals surface area (Å²) in [5.74, 6) is 0.182. The Bertz CT molecular complexity index is 1190. The fourth-order valence-electron chi connectivity index (χ4n) is 4.09. The van der Waals surface area contributed by atoms with Gasteiger partial charge in [-0.25, -0.2) is 0 Å². The number of phenolic OH excluding ortho intramolecular Hbond substituents is 1. The molecule has 0 bridgehead atoms. The van der Waals surface area contributed by atoms with Crippen LogP contribution < -0.4 is 10.2 Å². The molecule has 1 saturated heterocycles. The summed E-state index contributed by atoms with van der Waals surface area (Å²) >= 11 is 5.74. The zero-order valence-corrected chi connectivity index (χ0v) is 17.5. The molecule has 31 heavy (non-hydrogen) atoms. The lowest BCUT2D eigenvalue weighted by atomic mass is 10.0. The molecule has 6 nitrogen and oxygen atoms in total. The van der Waals surface area contributed by atoms with Gasteiger partial charge in [-0.1, -0.05) is 24.3 Å². The minimum Gasteiger partial charge on any atom is -0.506 e. The number of anilines is 1. The van der Waals surface area contributed by atoms with Gasteiger partial charge >= 0.3 is 0 Å². The SMILES string of the molecule is Oc1ccccc1N1C(=S)N[C@H](c2ccccn2)[C@H]1c1cccn1Cc1ccccn1. The normalized spacial score (nSPS) is 18.2. The lowest BCUT2D eigenvalue weighted by Crippen LogP contribution is -2.30. The fourth-order valence-corrected chi connectivity index (χ4v) is 4.43. The molecule has 0 radical (unpaired) electrons. The first-order valence-corrected chi connectivity index (χ1v) is 10.5. The molecule has 0 saturated carbocycles. The molecular formula is C24H21N5OS. The molecule has 0 aliphatic carbocycles. The van der Waals surface area contributed by atoms with Crippen molar-refractivity contribution in [2.75, 3.05) is 4.90 Å². The highest BCUT2D eigenvalue weighted by Gasteiger charge is 2.42. The predicted molar refractivity (Wildman–Crippen MR) is 124 cm³/mol. The van der Waals surface area contributed by atoms with Crippen LogP contribution in [0.4, 0.5) is 5.69 Å². The summed E-state index contributed by atoms with van der Waals surface area (Å²) in [4.78, 5) is 11.0. The number of nitrogens with one attached hydrogen (secondary N) is 1. The van der Waals surface area contributed by atoms with Gasteiger partial charge in [0.2, 0.25) is 0 Å². The van der Waals surface area contributed by atoms with Crippen LogP contribution in [-0.4, -0.2) is 24.8 Å². The molecule has 2 atom stereocenters. The Labute approximate surface area is 185 Å². The molecular weight excluding hydrogens is 406 g/mol. The van der Waals surface area contributed by atoms with Gasteiger partial charge in [-0.05, 0) is 60.7 Å². The van der Waals surface area contributed by atoms with Crippen molar-refractivity contribution in [1.82, 2.24) is 19.9 Å². The van der Waals surface area contributed by atoms with Gasteiger partial charge in [-0.2, -0.15) is 0 Å². The summed E-state index contributed by atoms with van der Waals surface area (Å²) in [6.07, 6.45) is 5.63.